The number of aromatic amines is 1. The highest BCUT2D eigenvalue weighted by atomic mass is 19.1. The Morgan fingerprint density at radius 2 is 1.53 bits per heavy atom. The summed E-state index contributed by atoms with van der Waals surface area (Å²) in [6, 6.07) is 13.1. The van der Waals surface area contributed by atoms with Gasteiger partial charge >= 0.3 is 0 Å². The number of fused-ring (bicyclic) bond motifs is 1. The first kappa shape index (κ1) is 28.1. The summed E-state index contributed by atoms with van der Waals surface area (Å²) < 4.78 is 15.2. The number of nitrogens with zero attached hydrogens (tertiary/aromatic N) is 5. The molecule has 3 aromatic rings. The van der Waals surface area contributed by atoms with Gasteiger partial charge in [0.05, 0.1) is 16.6 Å². The molecule has 0 saturated carbocycles. The molecule has 0 bridgehead atoms. The molecular formula is C32H38FN7O3. The number of hydrogen-bond donors (Lipinski definition) is 2. The van der Waals surface area contributed by atoms with Gasteiger partial charge in [0, 0.05) is 82.2 Å². The van der Waals surface area contributed by atoms with E-state index in [0.717, 1.165) is 52.1 Å². The van der Waals surface area contributed by atoms with Crippen LogP contribution in [0.1, 0.15) is 34.5 Å². The van der Waals surface area contributed by atoms with Crippen LogP contribution >= 0.6 is 0 Å². The Labute approximate surface area is 249 Å². The van der Waals surface area contributed by atoms with Crippen molar-refractivity contribution in [2.24, 2.45) is 5.92 Å². The van der Waals surface area contributed by atoms with E-state index in [1.807, 2.05) is 17.0 Å². The van der Waals surface area contributed by atoms with Crippen LogP contribution in [0.3, 0.4) is 0 Å². The molecule has 2 aromatic carbocycles. The van der Waals surface area contributed by atoms with Crippen LogP contribution in [0.15, 0.2) is 47.3 Å². The number of aromatic nitrogens is 2. The number of piperazine rings is 1. The monoisotopic (exact) mass is 587 g/mol. The van der Waals surface area contributed by atoms with E-state index < -0.39 is 5.82 Å². The van der Waals surface area contributed by atoms with Crippen molar-refractivity contribution in [1.29, 1.82) is 0 Å². The van der Waals surface area contributed by atoms with Gasteiger partial charge in [0.15, 0.2) is 0 Å². The number of amides is 2. The molecule has 0 unspecified atom stereocenters. The lowest BCUT2D eigenvalue weighted by Gasteiger charge is -2.52. The second-order valence-corrected chi connectivity index (χ2v) is 12.3. The minimum Gasteiger partial charge on any atom is -0.339 e. The Bertz CT molecular complexity index is 1570. The van der Waals surface area contributed by atoms with Gasteiger partial charge in [0.2, 0.25) is 5.91 Å². The molecule has 4 saturated heterocycles. The zero-order valence-electron chi connectivity index (χ0n) is 24.3. The molecule has 0 radical (unpaired) electrons. The van der Waals surface area contributed by atoms with Gasteiger partial charge in [-0.1, -0.05) is 30.3 Å². The Kier molecular flexibility index (Phi) is 7.71. The second-order valence-electron chi connectivity index (χ2n) is 12.3. The first-order valence-electron chi connectivity index (χ1n) is 15.5. The zero-order valence-corrected chi connectivity index (χ0v) is 24.3. The quantitative estimate of drug-likeness (QED) is 0.448. The Balaban J connectivity index is 0.954. The van der Waals surface area contributed by atoms with Gasteiger partial charge in [0.25, 0.3) is 11.5 Å². The number of nitrogens with one attached hydrogen (secondary N) is 2. The van der Waals surface area contributed by atoms with Crippen LogP contribution < -0.4 is 10.9 Å². The highest BCUT2D eigenvalue weighted by molar-refractivity contribution is 5.96. The second kappa shape index (κ2) is 11.8. The molecule has 0 spiro atoms. The van der Waals surface area contributed by atoms with Gasteiger partial charge in [-0.3, -0.25) is 24.2 Å². The van der Waals surface area contributed by atoms with E-state index in [2.05, 4.69) is 25.3 Å². The van der Waals surface area contributed by atoms with E-state index in [1.165, 1.54) is 6.07 Å². The third-order valence-corrected chi connectivity index (χ3v) is 9.89. The maximum Gasteiger partial charge on any atom is 0.272 e. The highest BCUT2D eigenvalue weighted by Crippen LogP contribution is 2.27. The van der Waals surface area contributed by atoms with E-state index in [9.17, 15) is 14.4 Å². The highest BCUT2D eigenvalue weighted by Gasteiger charge is 2.40. The molecule has 5 heterocycles. The Morgan fingerprint density at radius 1 is 0.837 bits per heavy atom. The molecule has 43 heavy (non-hydrogen) atoms. The molecule has 4 aliphatic heterocycles. The number of H-pyrrole nitrogens is 1. The maximum absolute atomic E-state index is 15.2. The summed E-state index contributed by atoms with van der Waals surface area (Å²) in [7, 11) is 0. The molecule has 4 fully saturated rings. The molecule has 11 heteroatoms. The Morgan fingerprint density at radius 3 is 2.23 bits per heavy atom. The summed E-state index contributed by atoms with van der Waals surface area (Å²) in [5.74, 6) is -0.747. The van der Waals surface area contributed by atoms with Gasteiger partial charge < -0.3 is 15.1 Å². The van der Waals surface area contributed by atoms with Crippen LogP contribution in [-0.2, 0) is 11.2 Å². The first-order valence-corrected chi connectivity index (χ1v) is 15.5. The summed E-state index contributed by atoms with van der Waals surface area (Å²) in [6.45, 7) is 8.06. The Hall–Kier alpha value is -3.67. The van der Waals surface area contributed by atoms with Crippen LogP contribution in [0.2, 0.25) is 0 Å². The zero-order chi connectivity index (χ0) is 29.5. The number of piperidine rings is 1. The van der Waals surface area contributed by atoms with Gasteiger partial charge in [0.1, 0.15) is 5.82 Å². The van der Waals surface area contributed by atoms with E-state index in [-0.39, 0.29) is 35.3 Å². The summed E-state index contributed by atoms with van der Waals surface area (Å²) in [5.41, 5.74) is 0.815. The molecule has 2 amide bonds. The fraction of sp³-hybridized carbons (Fsp3) is 0.500. The minimum atomic E-state index is -0.583. The molecule has 0 atom stereocenters. The molecular weight excluding hydrogens is 549 g/mol. The van der Waals surface area contributed by atoms with Gasteiger partial charge in [-0.25, -0.2) is 9.49 Å². The summed E-state index contributed by atoms with van der Waals surface area (Å²) in [6.07, 6.45) is 1.96. The lowest BCUT2D eigenvalue weighted by atomic mass is 9.92. The average Bonchev–Trinajstić information content (AvgIpc) is 2.99. The fourth-order valence-corrected chi connectivity index (χ4v) is 7.05. The van der Waals surface area contributed by atoms with Gasteiger partial charge in [-0.15, -0.1) is 0 Å². The number of hydrogen-bond acceptors (Lipinski definition) is 7. The van der Waals surface area contributed by atoms with Crippen LogP contribution in [-0.4, -0.2) is 119 Å². The minimum absolute atomic E-state index is 0.0230. The van der Waals surface area contributed by atoms with E-state index in [4.69, 9.17) is 0 Å². The number of carbonyl (C=O) groups excluding carboxylic acids is 2. The number of benzene rings is 2. The van der Waals surface area contributed by atoms with Crippen molar-refractivity contribution in [3.63, 3.8) is 0 Å². The number of halogens is 1. The maximum atomic E-state index is 15.2. The normalized spacial score (nSPS) is 21.1. The van der Waals surface area contributed by atoms with Crippen molar-refractivity contribution in [2.75, 3.05) is 65.4 Å². The van der Waals surface area contributed by atoms with E-state index in [0.29, 0.717) is 60.3 Å². The molecule has 7 rings (SSSR count). The lowest BCUT2D eigenvalue weighted by molar-refractivity contribution is -0.139. The van der Waals surface area contributed by atoms with Crippen molar-refractivity contribution >= 4 is 22.6 Å². The van der Waals surface area contributed by atoms with E-state index in [1.54, 1.807) is 29.2 Å². The lowest BCUT2D eigenvalue weighted by Crippen LogP contribution is -2.69. The first-order chi connectivity index (χ1) is 21.0. The molecule has 226 valence electrons. The van der Waals surface area contributed by atoms with Crippen molar-refractivity contribution in [3.8, 4) is 0 Å². The third kappa shape index (κ3) is 5.45. The predicted molar refractivity (Wildman–Crippen MR) is 160 cm³/mol. The average molecular weight is 588 g/mol. The van der Waals surface area contributed by atoms with Crippen LogP contribution in [0, 0.1) is 11.7 Å². The van der Waals surface area contributed by atoms with Crippen LogP contribution in [0.5, 0.6) is 0 Å². The molecule has 0 aliphatic carbocycles. The van der Waals surface area contributed by atoms with Crippen LogP contribution in [0.25, 0.3) is 10.8 Å². The SMILES string of the molecule is O=C(c1c(F)cccc1Cc1n[nH]c(=O)c2ccccc12)N1CCN(C(=O)C2CCN(C3CN(C4CNC4)C3)CC2)CC1. The molecule has 1 aromatic heterocycles. The van der Waals surface area contributed by atoms with Crippen molar-refractivity contribution in [3.05, 3.63) is 75.5 Å². The third-order valence-electron chi connectivity index (χ3n) is 9.89. The van der Waals surface area contributed by atoms with Crippen LogP contribution in [0.4, 0.5) is 4.39 Å². The summed E-state index contributed by atoms with van der Waals surface area (Å²) in [4.78, 5) is 47.9. The molecule has 10 nitrogen and oxygen atoms in total. The predicted octanol–water partition coefficient (Wildman–Crippen LogP) is 1.31. The number of likely N-dealkylation sites (tertiary alicyclic amines) is 2. The number of rotatable bonds is 6. The summed E-state index contributed by atoms with van der Waals surface area (Å²) >= 11 is 0. The summed E-state index contributed by atoms with van der Waals surface area (Å²) in [5, 5.41) is 11.3. The smallest absolute Gasteiger partial charge is 0.272 e. The van der Waals surface area contributed by atoms with E-state index >= 15 is 4.39 Å². The number of carbonyl (C=O) groups is 2. The largest absolute Gasteiger partial charge is 0.339 e. The van der Waals surface area contributed by atoms with Gasteiger partial charge in [-0.05, 0) is 43.6 Å². The fourth-order valence-electron chi connectivity index (χ4n) is 7.05. The van der Waals surface area contributed by atoms with Crippen molar-refractivity contribution in [2.45, 2.75) is 31.3 Å². The van der Waals surface area contributed by atoms with Crippen molar-refractivity contribution < 1.29 is 14.0 Å². The van der Waals surface area contributed by atoms with Gasteiger partial charge in [-0.2, -0.15) is 5.10 Å². The topological polar surface area (TPSA) is 105 Å². The van der Waals surface area contributed by atoms with Crippen molar-refractivity contribution in [1.82, 2.24) is 35.1 Å². The molecule has 2 N–H and O–H groups in total. The molecule has 4 aliphatic rings. The standard InChI is InChI=1S/C32H38FN7O3/c33-27-7-3-4-22(16-28-25-5-1-2-6-26(25)30(41)36-35-28)29(27)32(43)39-14-12-38(13-15-39)31(42)21-8-10-37(11-9-21)24-19-40(20-24)23-17-34-18-23/h1-7,21,23-24,34H,8-20H2,(H,36,41).